The molecule has 104 valence electrons. The van der Waals surface area contributed by atoms with E-state index < -0.39 is 0 Å². The van der Waals surface area contributed by atoms with Crippen LogP contribution in [0.15, 0.2) is 54.6 Å². The van der Waals surface area contributed by atoms with Crippen LogP contribution in [0.3, 0.4) is 0 Å². The molecule has 0 aliphatic heterocycles. The molecule has 0 aliphatic rings. The van der Waals surface area contributed by atoms with Crippen LogP contribution in [0.4, 0.5) is 5.69 Å². The average molecular weight is 288 g/mol. The Bertz CT molecular complexity index is 552. The highest BCUT2D eigenvalue weighted by atomic mass is 35.5. The molecule has 0 aromatic heterocycles. The van der Waals surface area contributed by atoms with E-state index in [9.17, 15) is 0 Å². The quantitative estimate of drug-likeness (QED) is 0.629. The van der Waals surface area contributed by atoms with Crippen LogP contribution >= 0.6 is 11.6 Å². The zero-order valence-corrected chi connectivity index (χ0v) is 12.0. The molecule has 0 bridgehead atoms. The first kappa shape index (κ1) is 14.4. The molecule has 3 nitrogen and oxygen atoms in total. The highest BCUT2D eigenvalue weighted by Crippen LogP contribution is 2.18. The number of nitrogens with zero attached hydrogens (tertiary/aromatic N) is 1. The number of hydrogen-bond donors (Lipinski definition) is 2. The Balaban J connectivity index is 2.13. The number of amidine groups is 1. The van der Waals surface area contributed by atoms with Gasteiger partial charge in [-0.25, -0.2) is 0 Å². The van der Waals surface area contributed by atoms with Crippen LogP contribution in [0.2, 0.25) is 5.02 Å². The van der Waals surface area contributed by atoms with Crippen molar-refractivity contribution in [1.82, 2.24) is 0 Å². The van der Waals surface area contributed by atoms with Crippen LogP contribution in [0.25, 0.3) is 0 Å². The van der Waals surface area contributed by atoms with Gasteiger partial charge in [-0.1, -0.05) is 41.9 Å². The molecule has 0 atom stereocenters. The maximum atomic E-state index is 7.39. The van der Waals surface area contributed by atoms with Gasteiger partial charge in [-0.15, -0.1) is 0 Å². The number of nitrogens with one attached hydrogen (secondary N) is 1. The first-order valence-corrected chi connectivity index (χ1v) is 6.90. The molecule has 20 heavy (non-hydrogen) atoms. The van der Waals surface area contributed by atoms with E-state index in [1.54, 1.807) is 0 Å². The molecule has 4 heteroatoms. The number of para-hydroxylation sites is 1. The number of benzene rings is 2. The molecule has 0 spiro atoms. The highest BCUT2D eigenvalue weighted by Gasteiger charge is 2.07. The normalized spacial score (nSPS) is 10.2. The van der Waals surface area contributed by atoms with Gasteiger partial charge in [0.25, 0.3) is 0 Å². The first-order chi connectivity index (χ1) is 9.65. The molecule has 2 aromatic carbocycles. The van der Waals surface area contributed by atoms with Crippen LogP contribution in [-0.2, 0) is 6.54 Å². The SMILES string of the molecule is N=C(N)CCN(Cc1ccc(Cl)cc1)c1ccccc1. The molecule has 0 heterocycles. The predicted octanol–water partition coefficient (Wildman–Crippen LogP) is 3.67. The molecular formula is C16H18ClN3. The van der Waals surface area contributed by atoms with Crippen LogP contribution in [-0.4, -0.2) is 12.4 Å². The summed E-state index contributed by atoms with van der Waals surface area (Å²) >= 11 is 5.91. The fraction of sp³-hybridized carbons (Fsp3) is 0.188. The fourth-order valence-corrected chi connectivity index (χ4v) is 2.13. The second kappa shape index (κ2) is 6.96. The van der Waals surface area contributed by atoms with Crippen molar-refractivity contribution >= 4 is 23.1 Å². The highest BCUT2D eigenvalue weighted by molar-refractivity contribution is 6.30. The molecule has 0 radical (unpaired) electrons. The molecule has 0 saturated carbocycles. The molecule has 0 fully saturated rings. The summed E-state index contributed by atoms with van der Waals surface area (Å²) in [5, 5.41) is 8.13. The van der Waals surface area contributed by atoms with Gasteiger partial charge in [-0.2, -0.15) is 0 Å². The third-order valence-electron chi connectivity index (χ3n) is 3.06. The molecule has 2 aromatic rings. The van der Waals surface area contributed by atoms with E-state index in [2.05, 4.69) is 17.0 Å². The molecule has 0 unspecified atom stereocenters. The molecular weight excluding hydrogens is 270 g/mol. The van der Waals surface area contributed by atoms with Crippen molar-refractivity contribution in [3.05, 3.63) is 65.2 Å². The summed E-state index contributed by atoms with van der Waals surface area (Å²) in [5.41, 5.74) is 7.78. The number of nitrogens with two attached hydrogens (primary N) is 1. The largest absolute Gasteiger partial charge is 0.388 e. The van der Waals surface area contributed by atoms with Crippen molar-refractivity contribution in [3.63, 3.8) is 0 Å². The maximum absolute atomic E-state index is 7.39. The van der Waals surface area contributed by atoms with Gasteiger partial charge in [0.2, 0.25) is 0 Å². The summed E-state index contributed by atoms with van der Waals surface area (Å²) in [6.07, 6.45) is 0.558. The zero-order valence-electron chi connectivity index (χ0n) is 11.2. The third kappa shape index (κ3) is 4.28. The topological polar surface area (TPSA) is 53.1 Å². The standard InChI is InChI=1S/C16H18ClN3/c17-14-8-6-13(7-9-14)12-20(11-10-16(18)19)15-4-2-1-3-5-15/h1-9H,10-12H2,(H3,18,19). The predicted molar refractivity (Wildman–Crippen MR) is 85.5 cm³/mol. The number of anilines is 1. The lowest BCUT2D eigenvalue weighted by molar-refractivity contribution is 0.802. The van der Waals surface area contributed by atoms with Gasteiger partial charge >= 0.3 is 0 Å². The molecule has 0 amide bonds. The Morgan fingerprint density at radius 2 is 1.70 bits per heavy atom. The van der Waals surface area contributed by atoms with Crippen molar-refractivity contribution in [2.45, 2.75) is 13.0 Å². The molecule has 0 saturated heterocycles. The fourth-order valence-electron chi connectivity index (χ4n) is 2.00. The van der Waals surface area contributed by atoms with E-state index in [-0.39, 0.29) is 5.84 Å². The monoisotopic (exact) mass is 287 g/mol. The molecule has 2 rings (SSSR count). The Labute approximate surface area is 124 Å². The van der Waals surface area contributed by atoms with Gasteiger partial charge in [0.15, 0.2) is 0 Å². The third-order valence-corrected chi connectivity index (χ3v) is 3.31. The lowest BCUT2D eigenvalue weighted by atomic mass is 10.2. The van der Waals surface area contributed by atoms with Crippen LogP contribution in [0, 0.1) is 5.41 Å². The zero-order chi connectivity index (χ0) is 14.4. The van der Waals surface area contributed by atoms with Crippen molar-refractivity contribution in [3.8, 4) is 0 Å². The Morgan fingerprint density at radius 1 is 1.05 bits per heavy atom. The average Bonchev–Trinajstić information content (AvgIpc) is 2.46. The molecule has 3 N–H and O–H groups in total. The van der Waals surface area contributed by atoms with E-state index in [4.69, 9.17) is 22.7 Å². The van der Waals surface area contributed by atoms with Crippen molar-refractivity contribution in [2.75, 3.05) is 11.4 Å². The van der Waals surface area contributed by atoms with Gasteiger partial charge in [0.1, 0.15) is 0 Å². The minimum absolute atomic E-state index is 0.210. The van der Waals surface area contributed by atoms with Crippen LogP contribution in [0.5, 0.6) is 0 Å². The van der Waals surface area contributed by atoms with Crippen molar-refractivity contribution in [2.24, 2.45) is 5.73 Å². The first-order valence-electron chi connectivity index (χ1n) is 6.52. The van der Waals surface area contributed by atoms with E-state index in [0.717, 1.165) is 23.8 Å². The summed E-state index contributed by atoms with van der Waals surface area (Å²) in [5.74, 6) is 0.210. The lowest BCUT2D eigenvalue weighted by Gasteiger charge is -2.25. The van der Waals surface area contributed by atoms with Crippen LogP contribution < -0.4 is 10.6 Å². The second-order valence-corrected chi connectivity index (χ2v) is 5.10. The van der Waals surface area contributed by atoms with Crippen molar-refractivity contribution < 1.29 is 0 Å². The Kier molecular flexibility index (Phi) is 5.02. The summed E-state index contributed by atoms with van der Waals surface area (Å²) < 4.78 is 0. The number of rotatable bonds is 6. The van der Waals surface area contributed by atoms with E-state index in [1.807, 2.05) is 42.5 Å². The van der Waals surface area contributed by atoms with E-state index in [0.29, 0.717) is 6.42 Å². The summed E-state index contributed by atoms with van der Waals surface area (Å²) in [6, 6.07) is 18.0. The van der Waals surface area contributed by atoms with Gasteiger partial charge in [0, 0.05) is 30.2 Å². The van der Waals surface area contributed by atoms with Gasteiger partial charge in [-0.3, -0.25) is 5.41 Å². The second-order valence-electron chi connectivity index (χ2n) is 4.66. The van der Waals surface area contributed by atoms with Gasteiger partial charge in [-0.05, 0) is 29.8 Å². The van der Waals surface area contributed by atoms with Crippen LogP contribution in [0.1, 0.15) is 12.0 Å². The van der Waals surface area contributed by atoms with Gasteiger partial charge in [0.05, 0.1) is 5.84 Å². The number of hydrogen-bond acceptors (Lipinski definition) is 2. The summed E-state index contributed by atoms with van der Waals surface area (Å²) in [7, 11) is 0. The Morgan fingerprint density at radius 3 is 2.30 bits per heavy atom. The van der Waals surface area contributed by atoms with Gasteiger partial charge < -0.3 is 10.6 Å². The number of halogens is 1. The van der Waals surface area contributed by atoms with Crippen molar-refractivity contribution in [1.29, 1.82) is 5.41 Å². The van der Waals surface area contributed by atoms with E-state index >= 15 is 0 Å². The minimum atomic E-state index is 0.210. The maximum Gasteiger partial charge on any atom is 0.0923 e. The summed E-state index contributed by atoms with van der Waals surface area (Å²) in [4.78, 5) is 2.21. The molecule has 0 aliphatic carbocycles. The Hall–Kier alpha value is -2.00. The summed E-state index contributed by atoms with van der Waals surface area (Å²) in [6.45, 7) is 1.50. The minimum Gasteiger partial charge on any atom is -0.388 e. The van der Waals surface area contributed by atoms with E-state index in [1.165, 1.54) is 5.56 Å². The lowest BCUT2D eigenvalue weighted by Crippen LogP contribution is -2.27. The smallest absolute Gasteiger partial charge is 0.0923 e.